The number of amidine groups is 1. The molecule has 130 valence electrons. The number of carbonyl (C=O) groups is 1. The third-order valence-electron chi connectivity index (χ3n) is 2.45. The van der Waals surface area contributed by atoms with Crippen LogP contribution in [-0.2, 0) is 0 Å². The number of nitrogens with zero attached hydrogens (tertiary/aromatic N) is 5. The number of tetrazole rings is 1. The molecule has 0 spiro atoms. The van der Waals surface area contributed by atoms with E-state index in [-0.39, 0.29) is 43.2 Å². The number of halogens is 3. The number of carbonyl (C=O) groups excluding carboxylic acids is 1. The number of nitrogens with two attached hydrogens (primary N) is 2. The summed E-state index contributed by atoms with van der Waals surface area (Å²) in [6.07, 6.45) is 1.96. The molecule has 13 heteroatoms. The number of unbranched alkanes of at least 4 members (excludes halogenated alkanes) is 1. The van der Waals surface area contributed by atoms with Crippen LogP contribution in [0.25, 0.3) is 0 Å². The van der Waals surface area contributed by atoms with Crippen molar-refractivity contribution in [2.45, 2.75) is 32.2 Å². The van der Waals surface area contributed by atoms with Crippen LogP contribution >= 0.6 is 37.2 Å². The molecule has 6 N–H and O–H groups in total. The highest BCUT2D eigenvalue weighted by molar-refractivity contribution is 5.86. The lowest BCUT2D eigenvalue weighted by molar-refractivity contribution is 0.0858. The summed E-state index contributed by atoms with van der Waals surface area (Å²) in [7, 11) is 0. The molecule has 0 aromatic carbocycles. The highest BCUT2D eigenvalue weighted by Gasteiger charge is 2.18. The molecule has 1 rings (SSSR count). The van der Waals surface area contributed by atoms with Crippen molar-refractivity contribution in [1.29, 1.82) is 0 Å². The first-order chi connectivity index (χ1) is 9.06. The minimum absolute atomic E-state index is 0. The van der Waals surface area contributed by atoms with Gasteiger partial charge < -0.3 is 11.5 Å². The van der Waals surface area contributed by atoms with Crippen molar-refractivity contribution in [2.24, 2.45) is 10.7 Å². The first kappa shape index (κ1) is 25.7. The quantitative estimate of drug-likeness (QED) is 0.177. The van der Waals surface area contributed by atoms with Crippen LogP contribution < -0.4 is 16.9 Å². The fraction of sp³-hybridized carbons (Fsp3) is 0.667. The molecule has 22 heavy (non-hydrogen) atoms. The maximum absolute atomic E-state index is 11.8. The maximum atomic E-state index is 11.8. The van der Waals surface area contributed by atoms with Gasteiger partial charge in [0.05, 0.1) is 6.04 Å². The van der Waals surface area contributed by atoms with E-state index in [0.717, 1.165) is 17.5 Å². The van der Waals surface area contributed by atoms with Gasteiger partial charge in [-0.25, -0.2) is 0 Å². The Morgan fingerprint density at radius 3 is 2.55 bits per heavy atom. The number of aliphatic imine (C=N–C) groups is 1. The molecule has 1 aromatic heterocycles. The first-order valence-electron chi connectivity index (χ1n) is 5.81. The van der Waals surface area contributed by atoms with Crippen molar-refractivity contribution in [1.82, 2.24) is 25.7 Å². The van der Waals surface area contributed by atoms with Crippen molar-refractivity contribution in [3.63, 3.8) is 0 Å². The number of nitrogens with one attached hydrogen (secondary N) is 1. The van der Waals surface area contributed by atoms with E-state index in [2.05, 4.69) is 20.5 Å². The SMILES string of the molecule is CC(=NCCCC[C@H](N)C(=O)n1nnnc1N)NO.Cl.Cl.Cl. The molecule has 0 saturated heterocycles. The Bertz CT molecular complexity index is 456. The number of hydrogen-bond donors (Lipinski definition) is 4. The van der Waals surface area contributed by atoms with Gasteiger partial charge in [0.2, 0.25) is 5.95 Å². The molecule has 0 saturated carbocycles. The largest absolute Gasteiger partial charge is 0.366 e. The molecule has 0 aliphatic carbocycles. The van der Waals surface area contributed by atoms with Gasteiger partial charge in [0.15, 0.2) is 0 Å². The zero-order valence-corrected chi connectivity index (χ0v) is 14.3. The van der Waals surface area contributed by atoms with Gasteiger partial charge in [-0.15, -0.1) is 41.9 Å². The number of anilines is 1. The van der Waals surface area contributed by atoms with Crippen molar-refractivity contribution in [3.8, 4) is 0 Å². The minimum atomic E-state index is -0.702. The van der Waals surface area contributed by atoms with Crippen LogP contribution in [0.15, 0.2) is 4.99 Å². The van der Waals surface area contributed by atoms with Crippen LogP contribution in [0.2, 0.25) is 0 Å². The predicted molar refractivity (Wildman–Crippen MR) is 89.3 cm³/mol. The third kappa shape index (κ3) is 8.29. The molecule has 1 atom stereocenters. The van der Waals surface area contributed by atoms with Crippen LogP contribution in [0, 0.1) is 0 Å². The normalized spacial score (nSPS) is 11.5. The molecular formula is C9H21Cl3N8O2. The molecule has 0 radical (unpaired) electrons. The van der Waals surface area contributed by atoms with Gasteiger partial charge in [-0.3, -0.25) is 20.5 Å². The summed E-state index contributed by atoms with van der Waals surface area (Å²) in [4.78, 5) is 15.8. The number of hydrogen-bond acceptors (Lipinski definition) is 8. The molecule has 0 fully saturated rings. The van der Waals surface area contributed by atoms with E-state index in [1.807, 2.05) is 5.48 Å². The summed E-state index contributed by atoms with van der Waals surface area (Å²) >= 11 is 0. The van der Waals surface area contributed by atoms with Crippen LogP contribution in [0.5, 0.6) is 0 Å². The van der Waals surface area contributed by atoms with Crippen molar-refractivity contribution in [2.75, 3.05) is 12.3 Å². The molecule has 0 aliphatic heterocycles. The van der Waals surface area contributed by atoms with Crippen molar-refractivity contribution >= 4 is 54.9 Å². The van der Waals surface area contributed by atoms with E-state index in [0.29, 0.717) is 18.8 Å². The molecule has 1 heterocycles. The lowest BCUT2D eigenvalue weighted by Gasteiger charge is -2.09. The summed E-state index contributed by atoms with van der Waals surface area (Å²) in [5.41, 5.74) is 13.1. The topological polar surface area (TPSA) is 157 Å². The molecular weight excluding hydrogens is 359 g/mol. The molecule has 0 bridgehead atoms. The minimum Gasteiger partial charge on any atom is -0.366 e. The smallest absolute Gasteiger partial charge is 0.268 e. The number of rotatable bonds is 6. The average molecular weight is 380 g/mol. The average Bonchev–Trinajstić information content (AvgIpc) is 2.83. The third-order valence-corrected chi connectivity index (χ3v) is 2.45. The summed E-state index contributed by atoms with van der Waals surface area (Å²) < 4.78 is 0.892. The Morgan fingerprint density at radius 2 is 2.05 bits per heavy atom. The summed E-state index contributed by atoms with van der Waals surface area (Å²) in [5, 5.41) is 18.7. The zero-order valence-electron chi connectivity index (χ0n) is 11.9. The van der Waals surface area contributed by atoms with Crippen LogP contribution in [0.1, 0.15) is 31.0 Å². The van der Waals surface area contributed by atoms with Gasteiger partial charge >= 0.3 is 0 Å². The van der Waals surface area contributed by atoms with Gasteiger partial charge in [0, 0.05) is 6.54 Å². The van der Waals surface area contributed by atoms with E-state index in [9.17, 15) is 4.79 Å². The number of hydroxylamine groups is 1. The predicted octanol–water partition coefficient (Wildman–Crippen LogP) is 0.0557. The molecule has 0 aliphatic rings. The lowest BCUT2D eigenvalue weighted by atomic mass is 10.1. The van der Waals surface area contributed by atoms with E-state index >= 15 is 0 Å². The highest BCUT2D eigenvalue weighted by Crippen LogP contribution is 2.03. The van der Waals surface area contributed by atoms with Crippen molar-refractivity contribution in [3.05, 3.63) is 0 Å². The second-order valence-corrected chi connectivity index (χ2v) is 3.97. The second-order valence-electron chi connectivity index (χ2n) is 3.97. The summed E-state index contributed by atoms with van der Waals surface area (Å²) in [6, 6.07) is -0.702. The molecule has 1 aromatic rings. The Labute approximate surface area is 146 Å². The lowest BCUT2D eigenvalue weighted by Crippen LogP contribution is -2.36. The van der Waals surface area contributed by atoms with Crippen molar-refractivity contribution < 1.29 is 10.0 Å². The Kier molecular flexibility index (Phi) is 15.7. The standard InChI is InChI=1S/C9H18N8O2.3ClH/c1-6(14-19)12-5-3-2-4-7(10)8(18)17-9(11)13-15-16-17;;;/h7,19H,2-5,10H2,1H3,(H,12,14)(H2,11,13,16);3*1H/t7-;;;/m0.../s1. The Balaban J connectivity index is -0.00000120. The van der Waals surface area contributed by atoms with E-state index in [1.165, 1.54) is 0 Å². The Morgan fingerprint density at radius 1 is 1.41 bits per heavy atom. The monoisotopic (exact) mass is 378 g/mol. The number of aromatic nitrogens is 4. The van der Waals surface area contributed by atoms with Gasteiger partial charge in [-0.05, 0) is 36.6 Å². The van der Waals surface area contributed by atoms with E-state index in [4.69, 9.17) is 16.7 Å². The molecule has 10 nitrogen and oxygen atoms in total. The van der Waals surface area contributed by atoms with Crippen LogP contribution in [0.4, 0.5) is 5.95 Å². The van der Waals surface area contributed by atoms with Gasteiger partial charge in [0.25, 0.3) is 5.91 Å². The second kappa shape index (κ2) is 13.5. The van der Waals surface area contributed by atoms with E-state index in [1.54, 1.807) is 6.92 Å². The van der Waals surface area contributed by atoms with E-state index < -0.39 is 11.9 Å². The zero-order chi connectivity index (χ0) is 14.3. The maximum Gasteiger partial charge on any atom is 0.268 e. The molecule has 0 unspecified atom stereocenters. The fourth-order valence-corrected chi connectivity index (χ4v) is 1.39. The highest BCUT2D eigenvalue weighted by atomic mass is 35.5. The fourth-order valence-electron chi connectivity index (χ4n) is 1.39. The van der Waals surface area contributed by atoms with Crippen LogP contribution in [-0.4, -0.2) is 49.7 Å². The van der Waals surface area contributed by atoms with Crippen LogP contribution in [0.3, 0.4) is 0 Å². The molecule has 0 amide bonds. The number of nitrogen functional groups attached to an aromatic ring is 1. The van der Waals surface area contributed by atoms with Gasteiger partial charge in [-0.2, -0.15) is 0 Å². The Hall–Kier alpha value is -1.20. The first-order valence-corrected chi connectivity index (χ1v) is 5.81. The van der Waals surface area contributed by atoms with Gasteiger partial charge in [-0.1, -0.05) is 5.10 Å². The summed E-state index contributed by atoms with van der Waals surface area (Å²) in [5.74, 6) is -0.0595. The summed E-state index contributed by atoms with van der Waals surface area (Å²) in [6.45, 7) is 2.20. The van der Waals surface area contributed by atoms with Gasteiger partial charge in [0.1, 0.15) is 5.84 Å².